The first-order valence-electron chi connectivity index (χ1n) is 4.95. The molecule has 17 heavy (non-hydrogen) atoms. The van der Waals surface area contributed by atoms with Gasteiger partial charge in [0.05, 0.1) is 13.5 Å². The molecular formula is C11H10ClNO3S. The number of carbonyl (C=O) groups excluding carboxylic acids is 1. The van der Waals surface area contributed by atoms with Gasteiger partial charge >= 0.3 is 5.97 Å². The molecule has 0 saturated heterocycles. The minimum Gasteiger partial charge on any atom is -0.469 e. The van der Waals surface area contributed by atoms with Crippen LogP contribution in [0.4, 0.5) is 0 Å². The quantitative estimate of drug-likeness (QED) is 0.632. The van der Waals surface area contributed by atoms with Gasteiger partial charge in [-0.15, -0.1) is 0 Å². The third kappa shape index (κ3) is 3.14. The van der Waals surface area contributed by atoms with Crippen molar-refractivity contribution in [2.24, 2.45) is 0 Å². The zero-order chi connectivity index (χ0) is 12.3. The molecule has 90 valence electrons. The van der Waals surface area contributed by atoms with Crippen LogP contribution in [0.15, 0.2) is 27.8 Å². The van der Waals surface area contributed by atoms with Gasteiger partial charge in [0.1, 0.15) is 5.52 Å². The fourth-order valence-corrected chi connectivity index (χ4v) is 2.19. The predicted molar refractivity (Wildman–Crippen MR) is 66.4 cm³/mol. The molecule has 0 fully saturated rings. The monoisotopic (exact) mass is 271 g/mol. The van der Waals surface area contributed by atoms with Crippen LogP contribution >= 0.6 is 23.4 Å². The first-order valence-corrected chi connectivity index (χ1v) is 6.31. The lowest BCUT2D eigenvalue weighted by molar-refractivity contribution is -0.140. The van der Waals surface area contributed by atoms with Gasteiger partial charge in [-0.3, -0.25) is 4.79 Å². The molecule has 0 spiro atoms. The van der Waals surface area contributed by atoms with Crippen LogP contribution in [-0.4, -0.2) is 23.8 Å². The predicted octanol–water partition coefficient (Wildman–Crippen LogP) is 3.14. The maximum atomic E-state index is 10.9. The second-order valence-corrected chi connectivity index (χ2v) is 4.75. The van der Waals surface area contributed by atoms with E-state index >= 15 is 0 Å². The van der Waals surface area contributed by atoms with Gasteiger partial charge in [0.2, 0.25) is 0 Å². The number of oxazole rings is 1. The molecule has 0 unspecified atom stereocenters. The van der Waals surface area contributed by atoms with Gasteiger partial charge in [-0.25, -0.2) is 4.98 Å². The Morgan fingerprint density at radius 3 is 3.18 bits per heavy atom. The van der Waals surface area contributed by atoms with Gasteiger partial charge in [-0.05, 0) is 18.2 Å². The van der Waals surface area contributed by atoms with Crippen molar-refractivity contribution in [2.45, 2.75) is 11.6 Å². The molecule has 0 atom stereocenters. The summed E-state index contributed by atoms with van der Waals surface area (Å²) in [5.74, 6) is 0.337. The third-order valence-corrected chi connectivity index (χ3v) is 3.15. The number of halogens is 1. The van der Waals surface area contributed by atoms with E-state index in [1.807, 2.05) is 0 Å². The topological polar surface area (TPSA) is 52.3 Å². The lowest BCUT2D eigenvalue weighted by atomic mass is 10.3. The number of esters is 1. The smallest absolute Gasteiger partial charge is 0.306 e. The Bertz CT molecular complexity index is 540. The number of hydrogen-bond donors (Lipinski definition) is 0. The molecule has 2 aromatic rings. The van der Waals surface area contributed by atoms with Crippen molar-refractivity contribution < 1.29 is 13.9 Å². The average molecular weight is 272 g/mol. The average Bonchev–Trinajstić information content (AvgIpc) is 2.70. The molecule has 0 saturated carbocycles. The Kier molecular flexibility index (Phi) is 3.91. The van der Waals surface area contributed by atoms with E-state index in [1.54, 1.807) is 18.2 Å². The number of methoxy groups -OCH3 is 1. The summed E-state index contributed by atoms with van der Waals surface area (Å²) < 4.78 is 10.0. The van der Waals surface area contributed by atoms with E-state index in [9.17, 15) is 4.79 Å². The first-order chi connectivity index (χ1) is 8.19. The van der Waals surface area contributed by atoms with E-state index in [-0.39, 0.29) is 5.97 Å². The van der Waals surface area contributed by atoms with Crippen LogP contribution in [0.2, 0.25) is 5.02 Å². The first kappa shape index (κ1) is 12.3. The molecular weight excluding hydrogens is 262 g/mol. The van der Waals surface area contributed by atoms with Crippen molar-refractivity contribution in [3.8, 4) is 0 Å². The molecule has 0 bridgehead atoms. The summed E-state index contributed by atoms with van der Waals surface area (Å²) in [6.45, 7) is 0. The highest BCUT2D eigenvalue weighted by atomic mass is 35.5. The number of carbonyl (C=O) groups is 1. The van der Waals surface area contributed by atoms with E-state index in [0.717, 1.165) is 5.52 Å². The zero-order valence-electron chi connectivity index (χ0n) is 9.10. The van der Waals surface area contributed by atoms with Crippen molar-refractivity contribution in [2.75, 3.05) is 12.9 Å². The molecule has 1 aromatic heterocycles. The molecule has 6 heteroatoms. The summed E-state index contributed by atoms with van der Waals surface area (Å²) in [5.41, 5.74) is 1.41. The van der Waals surface area contributed by atoms with Gasteiger partial charge in [0.15, 0.2) is 5.58 Å². The lowest BCUT2D eigenvalue weighted by Gasteiger charge is -1.95. The van der Waals surface area contributed by atoms with Crippen molar-refractivity contribution in [3.63, 3.8) is 0 Å². The highest BCUT2D eigenvalue weighted by molar-refractivity contribution is 7.99. The fraction of sp³-hybridized carbons (Fsp3) is 0.273. The van der Waals surface area contributed by atoms with Crippen LogP contribution < -0.4 is 0 Å². The Hall–Kier alpha value is -1.20. The van der Waals surface area contributed by atoms with Gasteiger partial charge < -0.3 is 9.15 Å². The fourth-order valence-electron chi connectivity index (χ4n) is 1.26. The minimum absolute atomic E-state index is 0.239. The second kappa shape index (κ2) is 5.42. The van der Waals surface area contributed by atoms with Gasteiger partial charge in [-0.2, -0.15) is 0 Å². The van der Waals surface area contributed by atoms with Crippen molar-refractivity contribution in [1.82, 2.24) is 4.98 Å². The van der Waals surface area contributed by atoms with E-state index in [2.05, 4.69) is 9.72 Å². The molecule has 0 amide bonds. The van der Waals surface area contributed by atoms with Crippen LogP contribution in [0.5, 0.6) is 0 Å². The summed E-state index contributed by atoms with van der Waals surface area (Å²) in [7, 11) is 1.37. The number of aromatic nitrogens is 1. The number of thioether (sulfide) groups is 1. The highest BCUT2D eigenvalue weighted by Gasteiger charge is 2.08. The number of rotatable bonds is 4. The Morgan fingerprint density at radius 1 is 1.59 bits per heavy atom. The SMILES string of the molecule is COC(=O)CCSc1nc2cc(Cl)ccc2o1. The van der Waals surface area contributed by atoms with Crippen molar-refractivity contribution >= 4 is 40.4 Å². The summed E-state index contributed by atoms with van der Waals surface area (Å²) >= 11 is 7.22. The van der Waals surface area contributed by atoms with Crippen LogP contribution in [0.1, 0.15) is 6.42 Å². The van der Waals surface area contributed by atoms with Gasteiger partial charge in [0.25, 0.3) is 5.22 Å². The van der Waals surface area contributed by atoms with Gasteiger partial charge in [0, 0.05) is 10.8 Å². The number of nitrogens with zero attached hydrogens (tertiary/aromatic N) is 1. The van der Waals surface area contributed by atoms with E-state index < -0.39 is 0 Å². The normalized spacial score (nSPS) is 10.7. The van der Waals surface area contributed by atoms with E-state index in [0.29, 0.717) is 28.0 Å². The Morgan fingerprint density at radius 2 is 2.41 bits per heavy atom. The van der Waals surface area contributed by atoms with Crippen LogP contribution in [0, 0.1) is 0 Å². The maximum Gasteiger partial charge on any atom is 0.306 e. The number of ether oxygens (including phenoxy) is 1. The maximum absolute atomic E-state index is 10.9. The lowest BCUT2D eigenvalue weighted by Crippen LogP contribution is -2.00. The van der Waals surface area contributed by atoms with Crippen LogP contribution in [-0.2, 0) is 9.53 Å². The Labute approximate surface area is 107 Å². The molecule has 0 N–H and O–H groups in total. The van der Waals surface area contributed by atoms with Gasteiger partial charge in [-0.1, -0.05) is 23.4 Å². The summed E-state index contributed by atoms with van der Waals surface area (Å²) in [6, 6.07) is 5.26. The van der Waals surface area contributed by atoms with Crippen LogP contribution in [0.3, 0.4) is 0 Å². The van der Waals surface area contributed by atoms with Crippen LogP contribution in [0.25, 0.3) is 11.1 Å². The van der Waals surface area contributed by atoms with Crippen molar-refractivity contribution in [3.05, 3.63) is 23.2 Å². The highest BCUT2D eigenvalue weighted by Crippen LogP contribution is 2.25. The molecule has 0 radical (unpaired) electrons. The molecule has 0 aliphatic carbocycles. The number of benzene rings is 1. The van der Waals surface area contributed by atoms with E-state index in [4.69, 9.17) is 16.0 Å². The minimum atomic E-state index is -0.239. The Balaban J connectivity index is 2.02. The second-order valence-electron chi connectivity index (χ2n) is 3.27. The summed E-state index contributed by atoms with van der Waals surface area (Å²) in [6.07, 6.45) is 0.334. The van der Waals surface area contributed by atoms with E-state index in [1.165, 1.54) is 18.9 Å². The van der Waals surface area contributed by atoms with Crippen molar-refractivity contribution in [1.29, 1.82) is 0 Å². The largest absolute Gasteiger partial charge is 0.469 e. The third-order valence-electron chi connectivity index (χ3n) is 2.09. The molecule has 1 aromatic carbocycles. The standard InChI is InChI=1S/C11H10ClNO3S/c1-15-10(14)4-5-17-11-13-8-6-7(12)2-3-9(8)16-11/h2-3,6H,4-5H2,1H3. The summed E-state index contributed by atoms with van der Waals surface area (Å²) in [4.78, 5) is 15.2. The number of hydrogen-bond acceptors (Lipinski definition) is 5. The molecule has 2 rings (SSSR count). The molecule has 1 heterocycles. The molecule has 0 aliphatic heterocycles. The summed E-state index contributed by atoms with van der Waals surface area (Å²) in [5, 5.41) is 1.16. The zero-order valence-corrected chi connectivity index (χ0v) is 10.7. The molecule has 4 nitrogen and oxygen atoms in total. The molecule has 0 aliphatic rings. The number of fused-ring (bicyclic) bond motifs is 1.